The van der Waals surface area contributed by atoms with Gasteiger partial charge in [0.2, 0.25) is 0 Å². The number of nitrogens with zero attached hydrogens (tertiary/aromatic N) is 2. The number of para-hydroxylation sites is 1. The van der Waals surface area contributed by atoms with Crippen LogP contribution in [0.15, 0.2) is 42.6 Å². The van der Waals surface area contributed by atoms with Crippen molar-refractivity contribution in [1.82, 2.24) is 10.3 Å². The number of hydrogen-bond acceptors (Lipinski definition) is 4. The van der Waals surface area contributed by atoms with E-state index in [9.17, 15) is 0 Å². The highest BCUT2D eigenvalue weighted by atomic mass is 16.5. The number of aromatic nitrogens is 1. The highest BCUT2D eigenvalue weighted by Crippen LogP contribution is 2.26. The molecule has 0 aliphatic carbocycles. The van der Waals surface area contributed by atoms with Crippen molar-refractivity contribution in [3.05, 3.63) is 53.9 Å². The van der Waals surface area contributed by atoms with Crippen LogP contribution in [-0.4, -0.2) is 25.2 Å². The lowest BCUT2D eigenvalue weighted by Crippen LogP contribution is -2.25. The molecule has 2 heterocycles. The van der Waals surface area contributed by atoms with E-state index in [0.29, 0.717) is 6.61 Å². The Morgan fingerprint density at radius 2 is 2.20 bits per heavy atom. The number of nitrogens with one attached hydrogen (secondary N) is 1. The van der Waals surface area contributed by atoms with Crippen LogP contribution in [0.3, 0.4) is 0 Å². The van der Waals surface area contributed by atoms with Crippen molar-refractivity contribution in [2.45, 2.75) is 13.1 Å². The molecule has 1 aromatic heterocycles. The monoisotopic (exact) mass is 269 g/mol. The molecule has 1 aliphatic heterocycles. The summed E-state index contributed by atoms with van der Waals surface area (Å²) < 4.78 is 5.81. The van der Waals surface area contributed by atoms with Gasteiger partial charge in [-0.15, -0.1) is 0 Å². The van der Waals surface area contributed by atoms with Crippen molar-refractivity contribution in [3.63, 3.8) is 0 Å². The lowest BCUT2D eigenvalue weighted by atomic mass is 10.2. The van der Waals surface area contributed by atoms with Crippen molar-refractivity contribution in [3.8, 4) is 5.75 Å². The molecule has 3 rings (SSSR count). The quantitative estimate of drug-likeness (QED) is 0.927. The molecule has 20 heavy (non-hydrogen) atoms. The van der Waals surface area contributed by atoms with Crippen LogP contribution in [0.2, 0.25) is 0 Å². The number of anilines is 1. The molecule has 0 bridgehead atoms. The van der Waals surface area contributed by atoms with Gasteiger partial charge in [-0.25, -0.2) is 0 Å². The molecule has 2 aromatic rings. The van der Waals surface area contributed by atoms with Gasteiger partial charge < -0.3 is 15.0 Å². The van der Waals surface area contributed by atoms with Crippen LogP contribution in [-0.2, 0) is 13.1 Å². The van der Waals surface area contributed by atoms with E-state index in [1.165, 1.54) is 11.3 Å². The van der Waals surface area contributed by atoms with E-state index < -0.39 is 0 Å². The Morgan fingerprint density at radius 3 is 3.10 bits per heavy atom. The molecule has 0 atom stereocenters. The number of pyridine rings is 1. The summed E-state index contributed by atoms with van der Waals surface area (Å²) in [6.45, 7) is 3.26. The Balaban J connectivity index is 1.85. The Bertz CT molecular complexity index is 585. The maximum absolute atomic E-state index is 5.81. The van der Waals surface area contributed by atoms with E-state index in [0.717, 1.165) is 31.1 Å². The van der Waals surface area contributed by atoms with E-state index in [2.05, 4.69) is 39.5 Å². The predicted octanol–water partition coefficient (Wildman–Crippen LogP) is 2.20. The molecule has 1 aromatic carbocycles. The summed E-state index contributed by atoms with van der Waals surface area (Å²) in [5.74, 6) is 1.000. The number of hydrogen-bond donors (Lipinski definition) is 1. The first-order valence-corrected chi connectivity index (χ1v) is 6.92. The summed E-state index contributed by atoms with van der Waals surface area (Å²) in [4.78, 5) is 6.71. The minimum absolute atomic E-state index is 0.709. The van der Waals surface area contributed by atoms with Crippen LogP contribution in [0.25, 0.3) is 0 Å². The van der Waals surface area contributed by atoms with Gasteiger partial charge >= 0.3 is 0 Å². The third kappa shape index (κ3) is 2.75. The topological polar surface area (TPSA) is 37.4 Å². The predicted molar refractivity (Wildman–Crippen MR) is 80.0 cm³/mol. The van der Waals surface area contributed by atoms with E-state index in [-0.39, 0.29) is 0 Å². The third-order valence-electron chi connectivity index (χ3n) is 3.48. The van der Waals surface area contributed by atoms with Gasteiger partial charge in [0.15, 0.2) is 0 Å². The summed E-state index contributed by atoms with van der Waals surface area (Å²) in [5.41, 5.74) is 3.49. The Hall–Kier alpha value is -2.07. The van der Waals surface area contributed by atoms with Crippen molar-refractivity contribution >= 4 is 5.69 Å². The maximum Gasteiger partial charge on any atom is 0.124 e. The highest BCUT2D eigenvalue weighted by molar-refractivity contribution is 5.49. The minimum atomic E-state index is 0.709. The molecule has 1 aliphatic rings. The molecule has 104 valence electrons. The van der Waals surface area contributed by atoms with Gasteiger partial charge in [0.05, 0.1) is 12.2 Å². The summed E-state index contributed by atoms with van der Waals surface area (Å²) >= 11 is 0. The molecule has 0 saturated heterocycles. The fraction of sp³-hybridized carbons (Fsp3) is 0.312. The zero-order chi connectivity index (χ0) is 13.8. The molecule has 4 nitrogen and oxygen atoms in total. The first-order valence-electron chi connectivity index (χ1n) is 6.92. The molecule has 4 heteroatoms. The number of benzene rings is 1. The minimum Gasteiger partial charge on any atom is -0.491 e. The highest BCUT2D eigenvalue weighted by Gasteiger charge is 2.15. The first-order chi connectivity index (χ1) is 9.86. The van der Waals surface area contributed by atoms with Gasteiger partial charge in [-0.1, -0.05) is 18.2 Å². The van der Waals surface area contributed by atoms with Crippen LogP contribution in [0.5, 0.6) is 5.75 Å². The van der Waals surface area contributed by atoms with E-state index >= 15 is 0 Å². The second-order valence-corrected chi connectivity index (χ2v) is 4.91. The smallest absolute Gasteiger partial charge is 0.124 e. The van der Waals surface area contributed by atoms with Crippen molar-refractivity contribution < 1.29 is 4.74 Å². The second kappa shape index (κ2) is 5.92. The van der Waals surface area contributed by atoms with Crippen LogP contribution in [0.4, 0.5) is 5.69 Å². The van der Waals surface area contributed by atoms with Gasteiger partial charge in [0.1, 0.15) is 12.4 Å². The number of ether oxygens (including phenoxy) is 1. The second-order valence-electron chi connectivity index (χ2n) is 4.91. The van der Waals surface area contributed by atoms with Gasteiger partial charge in [-0.2, -0.15) is 0 Å². The SMILES string of the molecule is CNCc1cc(N2CCOc3ccccc3C2)ccn1. The zero-order valence-corrected chi connectivity index (χ0v) is 11.7. The molecular weight excluding hydrogens is 250 g/mol. The zero-order valence-electron chi connectivity index (χ0n) is 11.7. The molecule has 0 spiro atoms. The molecule has 0 saturated carbocycles. The summed E-state index contributed by atoms with van der Waals surface area (Å²) in [6.07, 6.45) is 1.87. The van der Waals surface area contributed by atoms with Gasteiger partial charge in [-0.3, -0.25) is 4.98 Å². The van der Waals surface area contributed by atoms with E-state index in [1.54, 1.807) is 0 Å². The molecule has 0 amide bonds. The molecule has 0 radical (unpaired) electrons. The lowest BCUT2D eigenvalue weighted by Gasteiger charge is -2.22. The molecule has 0 fully saturated rings. The normalized spacial score (nSPS) is 14.3. The Kier molecular flexibility index (Phi) is 3.83. The summed E-state index contributed by atoms with van der Waals surface area (Å²) in [5, 5.41) is 3.14. The standard InChI is InChI=1S/C16H19N3O/c1-17-11-14-10-15(6-7-18-14)19-8-9-20-16-5-3-2-4-13(16)12-19/h2-7,10,17H,8-9,11-12H2,1H3. The Morgan fingerprint density at radius 1 is 1.30 bits per heavy atom. The van der Waals surface area contributed by atoms with Crippen molar-refractivity contribution in [1.29, 1.82) is 0 Å². The average molecular weight is 269 g/mol. The summed E-state index contributed by atoms with van der Waals surface area (Å²) in [6, 6.07) is 12.5. The molecular formula is C16H19N3O. The Labute approximate surface area is 119 Å². The molecule has 0 unspecified atom stereocenters. The number of rotatable bonds is 3. The summed E-state index contributed by atoms with van der Waals surface area (Å²) in [7, 11) is 1.93. The lowest BCUT2D eigenvalue weighted by molar-refractivity contribution is 0.331. The first kappa shape index (κ1) is 12.9. The largest absolute Gasteiger partial charge is 0.491 e. The fourth-order valence-corrected chi connectivity index (χ4v) is 2.49. The van der Waals surface area contributed by atoms with Crippen LogP contribution in [0, 0.1) is 0 Å². The van der Waals surface area contributed by atoms with E-state index in [4.69, 9.17) is 4.74 Å². The van der Waals surface area contributed by atoms with Gasteiger partial charge in [0, 0.05) is 30.5 Å². The van der Waals surface area contributed by atoms with Gasteiger partial charge in [0.25, 0.3) is 0 Å². The van der Waals surface area contributed by atoms with Crippen LogP contribution >= 0.6 is 0 Å². The van der Waals surface area contributed by atoms with Crippen LogP contribution < -0.4 is 15.0 Å². The number of fused-ring (bicyclic) bond motifs is 1. The van der Waals surface area contributed by atoms with Crippen LogP contribution in [0.1, 0.15) is 11.3 Å². The maximum atomic E-state index is 5.81. The fourth-order valence-electron chi connectivity index (χ4n) is 2.49. The van der Waals surface area contributed by atoms with E-state index in [1.807, 2.05) is 25.4 Å². The third-order valence-corrected chi connectivity index (χ3v) is 3.48. The van der Waals surface area contributed by atoms with Gasteiger partial charge in [-0.05, 0) is 25.2 Å². The van der Waals surface area contributed by atoms with Crippen molar-refractivity contribution in [2.24, 2.45) is 0 Å². The van der Waals surface area contributed by atoms with Crippen molar-refractivity contribution in [2.75, 3.05) is 25.1 Å². The molecule has 1 N–H and O–H groups in total. The average Bonchev–Trinajstić information content (AvgIpc) is 2.70.